The number of aromatic nitrogens is 2. The maximum absolute atomic E-state index is 11.9. The quantitative estimate of drug-likeness (QED) is 0.792. The van der Waals surface area contributed by atoms with Crippen LogP contribution in [0.1, 0.15) is 33.0 Å². The molecule has 0 aliphatic rings. The Hall–Kier alpha value is -1.16. The Balaban J connectivity index is 2.65. The molecule has 16 heavy (non-hydrogen) atoms. The normalized spacial score (nSPS) is 14.8. The standard InChI is InChI=1S/C12H21N3O/c1-4-6-15-7-5-14-12(15)8-11(16)9(2)10(3)13/h5,7,9-10H,4,6,8,13H2,1-3H3. The van der Waals surface area contributed by atoms with Crippen molar-refractivity contribution < 1.29 is 4.79 Å². The van der Waals surface area contributed by atoms with E-state index in [4.69, 9.17) is 5.73 Å². The SMILES string of the molecule is CCCn1ccnc1CC(=O)C(C)C(C)N. The number of rotatable bonds is 6. The number of nitrogens with two attached hydrogens (primary N) is 1. The van der Waals surface area contributed by atoms with Crippen molar-refractivity contribution in [3.8, 4) is 0 Å². The zero-order valence-electron chi connectivity index (χ0n) is 10.3. The van der Waals surface area contributed by atoms with Gasteiger partial charge in [0.15, 0.2) is 0 Å². The molecule has 0 saturated carbocycles. The first-order chi connectivity index (χ1) is 7.56. The molecule has 0 fully saturated rings. The average Bonchev–Trinajstić information content (AvgIpc) is 2.65. The molecule has 0 amide bonds. The number of carbonyl (C=O) groups is 1. The number of aryl methyl sites for hydroxylation is 1. The molecule has 1 aromatic rings. The van der Waals surface area contributed by atoms with Gasteiger partial charge in [-0.1, -0.05) is 13.8 Å². The molecular formula is C12H21N3O. The van der Waals surface area contributed by atoms with E-state index < -0.39 is 0 Å². The number of hydrogen-bond donors (Lipinski definition) is 1. The van der Waals surface area contributed by atoms with Gasteiger partial charge in [0.05, 0.1) is 6.42 Å². The van der Waals surface area contributed by atoms with Crippen molar-refractivity contribution in [3.63, 3.8) is 0 Å². The molecule has 0 saturated heterocycles. The van der Waals surface area contributed by atoms with Crippen LogP contribution in [-0.2, 0) is 17.8 Å². The van der Waals surface area contributed by atoms with E-state index in [9.17, 15) is 4.79 Å². The van der Waals surface area contributed by atoms with Crippen LogP contribution < -0.4 is 5.73 Å². The van der Waals surface area contributed by atoms with Crippen LogP contribution in [0.25, 0.3) is 0 Å². The van der Waals surface area contributed by atoms with Crippen molar-refractivity contribution in [2.24, 2.45) is 11.7 Å². The number of ketones is 1. The van der Waals surface area contributed by atoms with E-state index >= 15 is 0 Å². The van der Waals surface area contributed by atoms with Gasteiger partial charge in [-0.3, -0.25) is 4.79 Å². The fourth-order valence-corrected chi connectivity index (χ4v) is 1.56. The molecule has 0 radical (unpaired) electrons. The van der Waals surface area contributed by atoms with Crippen LogP contribution in [0.4, 0.5) is 0 Å². The van der Waals surface area contributed by atoms with Gasteiger partial charge in [0.25, 0.3) is 0 Å². The lowest BCUT2D eigenvalue weighted by Gasteiger charge is -2.14. The first-order valence-corrected chi connectivity index (χ1v) is 5.84. The van der Waals surface area contributed by atoms with E-state index in [1.165, 1.54) is 0 Å². The van der Waals surface area contributed by atoms with Crippen LogP contribution in [0, 0.1) is 5.92 Å². The highest BCUT2D eigenvalue weighted by Gasteiger charge is 2.19. The molecule has 0 bridgehead atoms. The molecule has 4 nitrogen and oxygen atoms in total. The first-order valence-electron chi connectivity index (χ1n) is 5.84. The Morgan fingerprint density at radius 2 is 2.25 bits per heavy atom. The molecule has 2 N–H and O–H groups in total. The van der Waals surface area contributed by atoms with E-state index in [1.807, 2.05) is 24.6 Å². The summed E-state index contributed by atoms with van der Waals surface area (Å²) in [6.45, 7) is 6.76. The summed E-state index contributed by atoms with van der Waals surface area (Å²) in [6, 6.07) is -0.0953. The zero-order valence-corrected chi connectivity index (χ0v) is 10.3. The summed E-state index contributed by atoms with van der Waals surface area (Å²) in [5, 5.41) is 0. The highest BCUT2D eigenvalue weighted by atomic mass is 16.1. The maximum Gasteiger partial charge on any atom is 0.144 e. The highest BCUT2D eigenvalue weighted by Crippen LogP contribution is 2.08. The van der Waals surface area contributed by atoms with Gasteiger partial charge in [-0.15, -0.1) is 0 Å². The van der Waals surface area contributed by atoms with Gasteiger partial charge in [0.2, 0.25) is 0 Å². The van der Waals surface area contributed by atoms with Crippen LogP contribution in [0.15, 0.2) is 12.4 Å². The van der Waals surface area contributed by atoms with E-state index in [1.54, 1.807) is 6.20 Å². The third kappa shape index (κ3) is 3.17. The van der Waals surface area contributed by atoms with Gasteiger partial charge >= 0.3 is 0 Å². The predicted octanol–water partition coefficient (Wildman–Crippen LogP) is 1.39. The second-order valence-electron chi connectivity index (χ2n) is 4.33. The van der Waals surface area contributed by atoms with Crippen LogP contribution in [0.2, 0.25) is 0 Å². The Labute approximate surface area is 96.9 Å². The van der Waals surface area contributed by atoms with Gasteiger partial charge < -0.3 is 10.3 Å². The Morgan fingerprint density at radius 1 is 1.56 bits per heavy atom. The second-order valence-corrected chi connectivity index (χ2v) is 4.33. The molecule has 2 atom stereocenters. The van der Waals surface area contributed by atoms with Crippen molar-refractivity contribution in [1.82, 2.24) is 9.55 Å². The number of carbonyl (C=O) groups excluding carboxylic acids is 1. The molecule has 0 aliphatic carbocycles. The summed E-state index contributed by atoms with van der Waals surface area (Å²) >= 11 is 0. The van der Waals surface area contributed by atoms with Crippen molar-refractivity contribution >= 4 is 5.78 Å². The minimum atomic E-state index is -0.105. The average molecular weight is 223 g/mol. The smallest absolute Gasteiger partial charge is 0.144 e. The van der Waals surface area contributed by atoms with Crippen LogP contribution >= 0.6 is 0 Å². The summed E-state index contributed by atoms with van der Waals surface area (Å²) in [6.07, 6.45) is 5.09. The number of Topliss-reactive ketones (excluding diaryl/α,β-unsaturated/α-hetero) is 1. The molecular weight excluding hydrogens is 202 g/mol. The summed E-state index contributed by atoms with van der Waals surface area (Å²) < 4.78 is 2.03. The number of hydrogen-bond acceptors (Lipinski definition) is 3. The lowest BCUT2D eigenvalue weighted by Crippen LogP contribution is -2.32. The topological polar surface area (TPSA) is 60.9 Å². The summed E-state index contributed by atoms with van der Waals surface area (Å²) in [4.78, 5) is 16.1. The summed E-state index contributed by atoms with van der Waals surface area (Å²) in [5.74, 6) is 0.907. The summed E-state index contributed by atoms with van der Waals surface area (Å²) in [5.41, 5.74) is 5.71. The van der Waals surface area contributed by atoms with Crippen molar-refractivity contribution in [2.45, 2.75) is 46.2 Å². The van der Waals surface area contributed by atoms with E-state index in [0.717, 1.165) is 18.8 Å². The molecule has 1 heterocycles. The van der Waals surface area contributed by atoms with Crippen molar-refractivity contribution in [2.75, 3.05) is 0 Å². The zero-order chi connectivity index (χ0) is 12.1. The third-order valence-electron chi connectivity index (χ3n) is 2.90. The van der Waals surface area contributed by atoms with E-state index in [-0.39, 0.29) is 17.7 Å². The molecule has 4 heteroatoms. The van der Waals surface area contributed by atoms with Crippen LogP contribution in [-0.4, -0.2) is 21.4 Å². The van der Waals surface area contributed by atoms with E-state index in [2.05, 4.69) is 11.9 Å². The first kappa shape index (κ1) is 12.9. The Bertz CT molecular complexity index is 344. The van der Waals surface area contributed by atoms with Gasteiger partial charge in [-0.2, -0.15) is 0 Å². The lowest BCUT2D eigenvalue weighted by molar-refractivity contribution is -0.122. The molecule has 2 unspecified atom stereocenters. The van der Waals surface area contributed by atoms with E-state index in [0.29, 0.717) is 6.42 Å². The lowest BCUT2D eigenvalue weighted by atomic mass is 9.97. The molecule has 90 valence electrons. The molecule has 0 aliphatic heterocycles. The minimum Gasteiger partial charge on any atom is -0.335 e. The largest absolute Gasteiger partial charge is 0.335 e. The predicted molar refractivity (Wildman–Crippen MR) is 64.0 cm³/mol. The molecule has 0 spiro atoms. The third-order valence-corrected chi connectivity index (χ3v) is 2.90. The van der Waals surface area contributed by atoms with Gasteiger partial charge in [0, 0.05) is 30.9 Å². The fourth-order valence-electron chi connectivity index (χ4n) is 1.56. The highest BCUT2D eigenvalue weighted by molar-refractivity contribution is 5.82. The number of imidazole rings is 1. The maximum atomic E-state index is 11.9. The molecule has 0 aromatic carbocycles. The number of nitrogens with zero attached hydrogens (tertiary/aromatic N) is 2. The molecule has 1 aromatic heterocycles. The molecule has 1 rings (SSSR count). The van der Waals surface area contributed by atoms with Gasteiger partial charge in [0.1, 0.15) is 11.6 Å². The van der Waals surface area contributed by atoms with Gasteiger partial charge in [-0.25, -0.2) is 4.98 Å². The van der Waals surface area contributed by atoms with Crippen molar-refractivity contribution in [1.29, 1.82) is 0 Å². The minimum absolute atomic E-state index is 0.0953. The van der Waals surface area contributed by atoms with Crippen LogP contribution in [0.3, 0.4) is 0 Å². The Kier molecular flexibility index (Phi) is 4.68. The fraction of sp³-hybridized carbons (Fsp3) is 0.667. The Morgan fingerprint density at radius 3 is 2.81 bits per heavy atom. The van der Waals surface area contributed by atoms with Crippen LogP contribution in [0.5, 0.6) is 0 Å². The summed E-state index contributed by atoms with van der Waals surface area (Å²) in [7, 11) is 0. The monoisotopic (exact) mass is 223 g/mol. The second kappa shape index (κ2) is 5.80. The van der Waals surface area contributed by atoms with Crippen molar-refractivity contribution in [3.05, 3.63) is 18.2 Å². The van der Waals surface area contributed by atoms with Gasteiger partial charge in [-0.05, 0) is 13.3 Å².